The van der Waals surface area contributed by atoms with Crippen LogP contribution >= 0.6 is 0 Å². The smallest absolute Gasteiger partial charge is 0.158 e. The summed E-state index contributed by atoms with van der Waals surface area (Å²) in [4.78, 5) is 11.9. The zero-order chi connectivity index (χ0) is 10.8. The lowest BCUT2D eigenvalue weighted by atomic mass is 9.78. The molecule has 2 nitrogen and oxygen atoms in total. The molecule has 0 aromatic carbocycles. The Kier molecular flexibility index (Phi) is 2.94. The second kappa shape index (κ2) is 3.68. The van der Waals surface area contributed by atoms with E-state index in [0.29, 0.717) is 19.3 Å². The van der Waals surface area contributed by atoms with E-state index in [9.17, 15) is 9.18 Å². The SMILES string of the molecule is CC1(C)CCC(C#N)(CCCF)C1=O. The Morgan fingerprint density at radius 3 is 2.50 bits per heavy atom. The second-order valence-electron chi connectivity index (χ2n) is 4.70. The van der Waals surface area contributed by atoms with Crippen LogP contribution in [-0.2, 0) is 4.79 Å². The summed E-state index contributed by atoms with van der Waals surface area (Å²) >= 11 is 0. The van der Waals surface area contributed by atoms with E-state index in [1.165, 1.54) is 0 Å². The Morgan fingerprint density at radius 1 is 1.50 bits per heavy atom. The first-order valence-electron chi connectivity index (χ1n) is 5.01. The van der Waals surface area contributed by atoms with Crippen molar-refractivity contribution in [2.75, 3.05) is 6.67 Å². The molecule has 0 bridgehead atoms. The van der Waals surface area contributed by atoms with E-state index in [1.54, 1.807) is 0 Å². The first kappa shape index (κ1) is 11.2. The van der Waals surface area contributed by atoms with Crippen molar-refractivity contribution < 1.29 is 9.18 Å². The Balaban J connectivity index is 2.84. The van der Waals surface area contributed by atoms with Crippen molar-refractivity contribution in [1.29, 1.82) is 5.26 Å². The number of halogens is 1. The molecule has 1 unspecified atom stereocenters. The van der Waals surface area contributed by atoms with E-state index in [-0.39, 0.29) is 5.78 Å². The molecule has 78 valence electrons. The van der Waals surface area contributed by atoms with Crippen LogP contribution in [0.5, 0.6) is 0 Å². The zero-order valence-electron chi connectivity index (χ0n) is 8.77. The summed E-state index contributed by atoms with van der Waals surface area (Å²) < 4.78 is 12.1. The average Bonchev–Trinajstić information content (AvgIpc) is 2.39. The van der Waals surface area contributed by atoms with Gasteiger partial charge < -0.3 is 0 Å². The minimum atomic E-state index is -0.893. The minimum absolute atomic E-state index is 0.000880. The van der Waals surface area contributed by atoms with Gasteiger partial charge in [0.25, 0.3) is 0 Å². The van der Waals surface area contributed by atoms with Crippen molar-refractivity contribution in [2.24, 2.45) is 10.8 Å². The molecule has 0 aliphatic heterocycles. The minimum Gasteiger partial charge on any atom is -0.297 e. The maximum atomic E-state index is 12.1. The van der Waals surface area contributed by atoms with E-state index in [1.807, 2.05) is 13.8 Å². The molecular formula is C11H16FNO. The highest BCUT2D eigenvalue weighted by molar-refractivity contribution is 5.94. The lowest BCUT2D eigenvalue weighted by Gasteiger charge is -2.21. The standard InChI is InChI=1S/C11H16FNO/c1-10(2)5-6-11(8-13,9(10)14)4-3-7-12/h3-7H2,1-2H3. The molecule has 3 heteroatoms. The molecule has 0 spiro atoms. The number of ketones is 1. The first-order chi connectivity index (χ1) is 6.48. The van der Waals surface area contributed by atoms with Gasteiger partial charge in [-0.15, -0.1) is 0 Å². The quantitative estimate of drug-likeness (QED) is 0.697. The molecule has 0 saturated heterocycles. The van der Waals surface area contributed by atoms with Gasteiger partial charge in [0.1, 0.15) is 5.41 Å². The molecule has 0 amide bonds. The van der Waals surface area contributed by atoms with E-state index in [4.69, 9.17) is 5.26 Å². The maximum Gasteiger partial charge on any atom is 0.158 e. The molecule has 14 heavy (non-hydrogen) atoms. The van der Waals surface area contributed by atoms with Crippen molar-refractivity contribution in [3.8, 4) is 6.07 Å². The zero-order valence-corrected chi connectivity index (χ0v) is 8.77. The first-order valence-corrected chi connectivity index (χ1v) is 5.01. The van der Waals surface area contributed by atoms with Crippen LogP contribution in [0.1, 0.15) is 39.5 Å². The number of nitrogens with zero attached hydrogens (tertiary/aromatic N) is 1. The molecule has 1 atom stereocenters. The number of rotatable bonds is 3. The van der Waals surface area contributed by atoms with Gasteiger partial charge in [-0.1, -0.05) is 13.8 Å². The summed E-state index contributed by atoms with van der Waals surface area (Å²) in [6, 6.07) is 2.10. The fourth-order valence-corrected chi connectivity index (χ4v) is 2.17. The Hall–Kier alpha value is -0.910. The van der Waals surface area contributed by atoms with Crippen molar-refractivity contribution in [3.05, 3.63) is 0 Å². The van der Waals surface area contributed by atoms with Crippen LogP contribution in [0.3, 0.4) is 0 Å². The van der Waals surface area contributed by atoms with Crippen LogP contribution in [0.2, 0.25) is 0 Å². The summed E-state index contributed by atoms with van der Waals surface area (Å²) in [5.74, 6) is 0.000880. The predicted molar refractivity (Wildman–Crippen MR) is 51.3 cm³/mol. The van der Waals surface area contributed by atoms with Gasteiger partial charge in [-0.05, 0) is 25.7 Å². The summed E-state index contributed by atoms with van der Waals surface area (Å²) in [5.41, 5.74) is -1.29. The number of alkyl halides is 1. The molecule has 0 aromatic rings. The fourth-order valence-electron chi connectivity index (χ4n) is 2.17. The third-order valence-electron chi connectivity index (χ3n) is 3.18. The van der Waals surface area contributed by atoms with Crippen molar-refractivity contribution in [2.45, 2.75) is 39.5 Å². The molecule has 1 saturated carbocycles. The van der Waals surface area contributed by atoms with E-state index < -0.39 is 17.5 Å². The van der Waals surface area contributed by atoms with Crippen molar-refractivity contribution >= 4 is 5.78 Å². The summed E-state index contributed by atoms with van der Waals surface area (Å²) in [5, 5.41) is 9.05. The Morgan fingerprint density at radius 2 is 2.14 bits per heavy atom. The van der Waals surface area contributed by atoms with Gasteiger partial charge in [-0.3, -0.25) is 9.18 Å². The van der Waals surface area contributed by atoms with Crippen LogP contribution in [0.4, 0.5) is 4.39 Å². The largest absolute Gasteiger partial charge is 0.297 e. The highest BCUT2D eigenvalue weighted by atomic mass is 19.1. The van der Waals surface area contributed by atoms with Gasteiger partial charge in [-0.2, -0.15) is 5.26 Å². The van der Waals surface area contributed by atoms with Gasteiger partial charge in [0.05, 0.1) is 12.7 Å². The fraction of sp³-hybridized carbons (Fsp3) is 0.818. The molecular weight excluding hydrogens is 181 g/mol. The van der Waals surface area contributed by atoms with Gasteiger partial charge >= 0.3 is 0 Å². The molecule has 0 radical (unpaired) electrons. The topological polar surface area (TPSA) is 40.9 Å². The Bertz CT molecular complexity index is 280. The van der Waals surface area contributed by atoms with Crippen LogP contribution < -0.4 is 0 Å². The molecule has 1 rings (SSSR count). The van der Waals surface area contributed by atoms with E-state index in [0.717, 1.165) is 6.42 Å². The summed E-state index contributed by atoms with van der Waals surface area (Å²) in [6.07, 6.45) is 2.03. The van der Waals surface area contributed by atoms with Gasteiger partial charge in [-0.25, -0.2) is 0 Å². The lowest BCUT2D eigenvalue weighted by Crippen LogP contribution is -2.31. The summed E-state index contributed by atoms with van der Waals surface area (Å²) in [6.45, 7) is 3.28. The van der Waals surface area contributed by atoms with Gasteiger partial charge in [0.15, 0.2) is 5.78 Å². The number of Topliss-reactive ketones (excluding diaryl/α,β-unsaturated/α-hetero) is 1. The molecule has 1 fully saturated rings. The van der Waals surface area contributed by atoms with E-state index in [2.05, 4.69) is 6.07 Å². The monoisotopic (exact) mass is 197 g/mol. The predicted octanol–water partition coefficient (Wildman–Crippen LogP) is 2.64. The van der Waals surface area contributed by atoms with Gasteiger partial charge in [0.2, 0.25) is 0 Å². The molecule has 0 aromatic heterocycles. The summed E-state index contributed by atoms with van der Waals surface area (Å²) in [7, 11) is 0. The van der Waals surface area contributed by atoms with Crippen LogP contribution in [0.25, 0.3) is 0 Å². The normalized spacial score (nSPS) is 30.3. The molecule has 0 N–H and O–H groups in total. The Labute approximate surface area is 84.1 Å². The number of carbonyl (C=O) groups excluding carboxylic acids is 1. The van der Waals surface area contributed by atoms with Crippen LogP contribution in [0.15, 0.2) is 0 Å². The third-order valence-corrected chi connectivity index (χ3v) is 3.18. The van der Waals surface area contributed by atoms with Crippen molar-refractivity contribution in [3.63, 3.8) is 0 Å². The third kappa shape index (κ3) is 1.66. The highest BCUT2D eigenvalue weighted by Crippen LogP contribution is 2.47. The molecule has 1 aliphatic carbocycles. The maximum absolute atomic E-state index is 12.1. The molecule has 0 heterocycles. The average molecular weight is 197 g/mol. The van der Waals surface area contributed by atoms with E-state index >= 15 is 0 Å². The molecule has 1 aliphatic rings. The number of nitriles is 1. The van der Waals surface area contributed by atoms with Gasteiger partial charge in [0, 0.05) is 5.41 Å². The van der Waals surface area contributed by atoms with Crippen LogP contribution in [0, 0.1) is 22.2 Å². The van der Waals surface area contributed by atoms with Crippen molar-refractivity contribution in [1.82, 2.24) is 0 Å². The highest BCUT2D eigenvalue weighted by Gasteiger charge is 2.51. The second-order valence-corrected chi connectivity index (χ2v) is 4.70. The number of hydrogen-bond acceptors (Lipinski definition) is 2. The number of hydrogen-bond donors (Lipinski definition) is 0. The van der Waals surface area contributed by atoms with Crippen LogP contribution in [-0.4, -0.2) is 12.5 Å². The number of carbonyl (C=O) groups is 1. The lowest BCUT2D eigenvalue weighted by molar-refractivity contribution is -0.130.